The van der Waals surface area contributed by atoms with E-state index in [1.54, 1.807) is 6.08 Å². The minimum Gasteiger partial charge on any atom is -0.478 e. The molecule has 3 rings (SSSR count). The van der Waals surface area contributed by atoms with Gasteiger partial charge in [0.1, 0.15) is 0 Å². The van der Waals surface area contributed by atoms with Crippen LogP contribution in [0.25, 0.3) is 16.8 Å². The summed E-state index contributed by atoms with van der Waals surface area (Å²) < 4.78 is 0. The van der Waals surface area contributed by atoms with E-state index in [1.165, 1.54) is 10.8 Å². The van der Waals surface area contributed by atoms with Crippen LogP contribution in [-0.4, -0.2) is 11.1 Å². The molecule has 2 N–H and O–H groups in total. The van der Waals surface area contributed by atoms with Crippen LogP contribution < -0.4 is 5.32 Å². The van der Waals surface area contributed by atoms with E-state index in [1.807, 2.05) is 36.4 Å². The van der Waals surface area contributed by atoms with Crippen LogP contribution in [0.15, 0.2) is 72.8 Å². The predicted molar refractivity (Wildman–Crippen MR) is 94.4 cm³/mol. The molecule has 0 aliphatic carbocycles. The van der Waals surface area contributed by atoms with Gasteiger partial charge in [0, 0.05) is 18.3 Å². The van der Waals surface area contributed by atoms with Crippen molar-refractivity contribution in [3.8, 4) is 0 Å². The molecule has 3 heteroatoms. The quantitative estimate of drug-likeness (QED) is 0.680. The van der Waals surface area contributed by atoms with Crippen LogP contribution in [0.3, 0.4) is 0 Å². The van der Waals surface area contributed by atoms with E-state index >= 15 is 0 Å². The summed E-state index contributed by atoms with van der Waals surface area (Å²) >= 11 is 0. The van der Waals surface area contributed by atoms with Crippen LogP contribution in [-0.2, 0) is 11.3 Å². The Morgan fingerprint density at radius 2 is 1.78 bits per heavy atom. The summed E-state index contributed by atoms with van der Waals surface area (Å²) in [6.45, 7) is 0.688. The van der Waals surface area contributed by atoms with E-state index in [0.717, 1.165) is 22.9 Å². The third kappa shape index (κ3) is 3.98. The van der Waals surface area contributed by atoms with Gasteiger partial charge in [0.25, 0.3) is 0 Å². The number of nitrogens with one attached hydrogen (secondary N) is 1. The molecule has 0 radical (unpaired) electrons. The smallest absolute Gasteiger partial charge is 0.328 e. The van der Waals surface area contributed by atoms with Crippen molar-refractivity contribution in [3.63, 3.8) is 0 Å². The molecule has 0 atom stereocenters. The second kappa shape index (κ2) is 6.79. The van der Waals surface area contributed by atoms with E-state index in [9.17, 15) is 4.79 Å². The molecule has 3 aromatic carbocycles. The number of carboxylic acids is 1. The summed E-state index contributed by atoms with van der Waals surface area (Å²) in [6, 6.07) is 22.4. The van der Waals surface area contributed by atoms with E-state index < -0.39 is 5.97 Å². The minimum atomic E-state index is -0.940. The molecule has 0 unspecified atom stereocenters. The van der Waals surface area contributed by atoms with Gasteiger partial charge in [0.15, 0.2) is 0 Å². The van der Waals surface area contributed by atoms with Gasteiger partial charge in [-0.25, -0.2) is 4.79 Å². The fourth-order valence-corrected chi connectivity index (χ4v) is 2.48. The molecular weight excluding hydrogens is 286 g/mol. The number of aliphatic carboxylic acids is 1. The van der Waals surface area contributed by atoms with Crippen LogP contribution in [0.1, 0.15) is 11.1 Å². The van der Waals surface area contributed by atoms with Crippen molar-refractivity contribution in [2.24, 2.45) is 0 Å². The topological polar surface area (TPSA) is 49.3 Å². The first kappa shape index (κ1) is 14.9. The van der Waals surface area contributed by atoms with Gasteiger partial charge < -0.3 is 10.4 Å². The number of carboxylic acid groups (broad SMARTS) is 1. The Hall–Kier alpha value is -3.07. The number of rotatable bonds is 5. The van der Waals surface area contributed by atoms with Crippen molar-refractivity contribution in [3.05, 3.63) is 83.9 Å². The van der Waals surface area contributed by atoms with Gasteiger partial charge in [0.05, 0.1) is 0 Å². The molecule has 0 amide bonds. The Kier molecular flexibility index (Phi) is 4.39. The third-order valence-electron chi connectivity index (χ3n) is 3.62. The van der Waals surface area contributed by atoms with Gasteiger partial charge >= 0.3 is 5.97 Å². The highest BCUT2D eigenvalue weighted by molar-refractivity contribution is 5.86. The Bertz CT molecular complexity index is 868. The van der Waals surface area contributed by atoms with Crippen molar-refractivity contribution >= 4 is 28.5 Å². The normalized spacial score (nSPS) is 11.0. The summed E-state index contributed by atoms with van der Waals surface area (Å²) in [5.74, 6) is -0.940. The second-order valence-corrected chi connectivity index (χ2v) is 5.33. The van der Waals surface area contributed by atoms with Gasteiger partial charge in [-0.2, -0.15) is 0 Å². The molecule has 114 valence electrons. The minimum absolute atomic E-state index is 0.688. The second-order valence-electron chi connectivity index (χ2n) is 5.33. The lowest BCUT2D eigenvalue weighted by Gasteiger charge is -2.08. The van der Waals surface area contributed by atoms with Crippen molar-refractivity contribution in [1.29, 1.82) is 0 Å². The van der Waals surface area contributed by atoms with Gasteiger partial charge in [-0.3, -0.25) is 0 Å². The molecular formula is C20H17NO2. The molecule has 0 fully saturated rings. The maximum absolute atomic E-state index is 10.6. The van der Waals surface area contributed by atoms with Crippen molar-refractivity contribution < 1.29 is 9.90 Å². The highest BCUT2D eigenvalue weighted by Gasteiger charge is 1.98. The molecule has 0 saturated carbocycles. The first-order valence-electron chi connectivity index (χ1n) is 7.43. The molecule has 0 spiro atoms. The molecule has 0 bridgehead atoms. The van der Waals surface area contributed by atoms with Gasteiger partial charge in [-0.1, -0.05) is 48.5 Å². The Morgan fingerprint density at radius 3 is 2.61 bits per heavy atom. The van der Waals surface area contributed by atoms with Gasteiger partial charge in [0.2, 0.25) is 0 Å². The average Bonchev–Trinajstić information content (AvgIpc) is 2.58. The largest absolute Gasteiger partial charge is 0.478 e. The first-order chi connectivity index (χ1) is 11.2. The van der Waals surface area contributed by atoms with E-state index in [-0.39, 0.29) is 0 Å². The molecule has 23 heavy (non-hydrogen) atoms. The molecule has 0 saturated heterocycles. The Balaban J connectivity index is 1.71. The molecule has 0 aromatic heterocycles. The SMILES string of the molecule is O=C(O)C=Cc1cccc(CNc2ccc3ccccc3c2)c1. The maximum atomic E-state index is 10.6. The van der Waals surface area contributed by atoms with Crippen molar-refractivity contribution in [1.82, 2.24) is 0 Å². The van der Waals surface area contributed by atoms with Crippen LogP contribution >= 0.6 is 0 Å². The lowest BCUT2D eigenvalue weighted by atomic mass is 10.1. The zero-order valence-corrected chi connectivity index (χ0v) is 12.6. The monoisotopic (exact) mass is 303 g/mol. The van der Waals surface area contributed by atoms with Crippen molar-refractivity contribution in [2.75, 3.05) is 5.32 Å². The fraction of sp³-hybridized carbons (Fsp3) is 0.0500. The number of fused-ring (bicyclic) bond motifs is 1. The Labute approximate surface area is 134 Å². The average molecular weight is 303 g/mol. The zero-order chi connectivity index (χ0) is 16.1. The Morgan fingerprint density at radius 1 is 0.957 bits per heavy atom. The highest BCUT2D eigenvalue weighted by atomic mass is 16.4. The van der Waals surface area contributed by atoms with Crippen LogP contribution in [0.5, 0.6) is 0 Å². The summed E-state index contributed by atoms with van der Waals surface area (Å²) in [5, 5.41) is 14.5. The number of anilines is 1. The molecule has 0 heterocycles. The van der Waals surface area contributed by atoms with E-state index in [0.29, 0.717) is 6.54 Å². The van der Waals surface area contributed by atoms with Crippen LogP contribution in [0.4, 0.5) is 5.69 Å². The maximum Gasteiger partial charge on any atom is 0.328 e. The predicted octanol–water partition coefficient (Wildman–Crippen LogP) is 4.55. The number of carbonyl (C=O) groups is 1. The number of hydrogen-bond donors (Lipinski definition) is 2. The van der Waals surface area contributed by atoms with Crippen LogP contribution in [0, 0.1) is 0 Å². The summed E-state index contributed by atoms with van der Waals surface area (Å²) in [6.07, 6.45) is 2.75. The lowest BCUT2D eigenvalue weighted by Crippen LogP contribution is -1.99. The summed E-state index contributed by atoms with van der Waals surface area (Å²) in [7, 11) is 0. The number of benzene rings is 3. The first-order valence-corrected chi connectivity index (χ1v) is 7.43. The van der Waals surface area contributed by atoms with Gasteiger partial charge in [-0.05, 0) is 46.2 Å². The molecule has 3 nitrogen and oxygen atoms in total. The number of hydrogen-bond acceptors (Lipinski definition) is 2. The van der Waals surface area contributed by atoms with Crippen molar-refractivity contribution in [2.45, 2.75) is 6.54 Å². The highest BCUT2D eigenvalue weighted by Crippen LogP contribution is 2.19. The van der Waals surface area contributed by atoms with E-state index in [2.05, 4.69) is 35.6 Å². The molecule has 3 aromatic rings. The zero-order valence-electron chi connectivity index (χ0n) is 12.6. The summed E-state index contributed by atoms with van der Waals surface area (Å²) in [5.41, 5.74) is 3.05. The molecule has 0 aliphatic rings. The standard InChI is InChI=1S/C20H17NO2/c22-20(23)11-8-15-4-3-5-16(12-15)14-21-19-10-9-17-6-1-2-7-18(17)13-19/h1-13,21H,14H2,(H,22,23). The van der Waals surface area contributed by atoms with Crippen LogP contribution in [0.2, 0.25) is 0 Å². The molecule has 0 aliphatic heterocycles. The summed E-state index contributed by atoms with van der Waals surface area (Å²) in [4.78, 5) is 10.6. The lowest BCUT2D eigenvalue weighted by molar-refractivity contribution is -0.131. The van der Waals surface area contributed by atoms with Gasteiger partial charge in [-0.15, -0.1) is 0 Å². The van der Waals surface area contributed by atoms with E-state index in [4.69, 9.17) is 5.11 Å². The fourth-order valence-electron chi connectivity index (χ4n) is 2.48. The third-order valence-corrected chi connectivity index (χ3v) is 3.62.